The van der Waals surface area contributed by atoms with Crippen molar-refractivity contribution < 1.29 is 13.2 Å². The van der Waals surface area contributed by atoms with Gasteiger partial charge in [-0.1, -0.05) is 6.92 Å². The highest BCUT2D eigenvalue weighted by Gasteiger charge is 2.29. The maximum atomic E-state index is 12.0. The van der Waals surface area contributed by atoms with Crippen LogP contribution < -0.4 is 10.5 Å². The molecule has 1 rings (SSSR count). The number of piperidine rings is 1. The standard InChI is InChI=1S/C10H21N3O3S/c1-3-9(6-11)17(15,16)12-8-4-5-10(14)13(2)7-8/h8-9,12H,3-7,11H2,1-2H3. The fraction of sp³-hybridized carbons (Fsp3) is 0.900. The van der Waals surface area contributed by atoms with E-state index in [0.29, 0.717) is 25.8 Å². The summed E-state index contributed by atoms with van der Waals surface area (Å²) in [5.74, 6) is 0.0614. The van der Waals surface area contributed by atoms with Crippen LogP contribution in [0.2, 0.25) is 0 Å². The molecule has 0 saturated carbocycles. The van der Waals surface area contributed by atoms with Crippen LogP contribution in [0.5, 0.6) is 0 Å². The second-order valence-corrected chi connectivity index (χ2v) is 6.43. The predicted molar refractivity (Wildman–Crippen MR) is 65.8 cm³/mol. The number of likely N-dealkylation sites (tertiary alicyclic amines) is 1. The molecule has 7 heteroatoms. The summed E-state index contributed by atoms with van der Waals surface area (Å²) < 4.78 is 26.6. The molecule has 0 aliphatic carbocycles. The molecule has 0 aromatic carbocycles. The molecule has 2 atom stereocenters. The number of carbonyl (C=O) groups excluding carboxylic acids is 1. The minimum Gasteiger partial charge on any atom is -0.344 e. The van der Waals surface area contributed by atoms with Crippen LogP contribution in [0.15, 0.2) is 0 Å². The molecule has 0 spiro atoms. The quantitative estimate of drug-likeness (QED) is 0.683. The van der Waals surface area contributed by atoms with Crippen molar-refractivity contribution in [2.45, 2.75) is 37.5 Å². The summed E-state index contributed by atoms with van der Waals surface area (Å²) in [5.41, 5.74) is 5.44. The van der Waals surface area contributed by atoms with Gasteiger partial charge in [-0.05, 0) is 12.8 Å². The third-order valence-corrected chi connectivity index (χ3v) is 5.18. The van der Waals surface area contributed by atoms with E-state index in [1.165, 1.54) is 0 Å². The van der Waals surface area contributed by atoms with Crippen LogP contribution in [-0.4, -0.2) is 50.7 Å². The van der Waals surface area contributed by atoms with Crippen molar-refractivity contribution in [1.82, 2.24) is 9.62 Å². The summed E-state index contributed by atoms with van der Waals surface area (Å²) in [7, 11) is -1.69. The van der Waals surface area contributed by atoms with Gasteiger partial charge in [0.05, 0.1) is 5.25 Å². The van der Waals surface area contributed by atoms with Crippen LogP contribution in [0, 0.1) is 0 Å². The average Bonchev–Trinajstić information content (AvgIpc) is 2.24. The van der Waals surface area contributed by atoms with E-state index in [1.54, 1.807) is 18.9 Å². The highest BCUT2D eigenvalue weighted by molar-refractivity contribution is 7.90. The van der Waals surface area contributed by atoms with Crippen molar-refractivity contribution in [3.63, 3.8) is 0 Å². The normalized spacial score (nSPS) is 23.8. The molecule has 0 aromatic heterocycles. The largest absolute Gasteiger partial charge is 0.344 e. The van der Waals surface area contributed by atoms with E-state index < -0.39 is 15.3 Å². The third kappa shape index (κ3) is 3.65. The molecule has 17 heavy (non-hydrogen) atoms. The number of nitrogens with two attached hydrogens (primary N) is 1. The van der Waals surface area contributed by atoms with Crippen LogP contribution in [0.25, 0.3) is 0 Å². The van der Waals surface area contributed by atoms with Crippen molar-refractivity contribution in [3.05, 3.63) is 0 Å². The van der Waals surface area contributed by atoms with E-state index in [-0.39, 0.29) is 18.5 Å². The summed E-state index contributed by atoms with van der Waals surface area (Å²) in [5, 5.41) is -0.551. The second kappa shape index (κ2) is 5.79. The second-order valence-electron chi connectivity index (χ2n) is 4.44. The fourth-order valence-corrected chi connectivity index (χ4v) is 3.49. The van der Waals surface area contributed by atoms with Crippen LogP contribution >= 0.6 is 0 Å². The van der Waals surface area contributed by atoms with Crippen LogP contribution in [0.1, 0.15) is 26.2 Å². The Kier molecular flexibility index (Phi) is 4.91. The van der Waals surface area contributed by atoms with E-state index in [4.69, 9.17) is 5.73 Å². The molecule has 100 valence electrons. The Labute approximate surface area is 103 Å². The first-order valence-corrected chi connectivity index (χ1v) is 7.40. The Morgan fingerprint density at radius 1 is 1.59 bits per heavy atom. The minimum absolute atomic E-state index is 0.0614. The number of hydrogen-bond acceptors (Lipinski definition) is 4. The van der Waals surface area contributed by atoms with Crippen molar-refractivity contribution in [3.8, 4) is 0 Å². The van der Waals surface area contributed by atoms with E-state index in [2.05, 4.69) is 4.72 Å². The number of likely N-dealkylation sites (N-methyl/N-ethyl adjacent to an activating group) is 1. The molecule has 0 radical (unpaired) electrons. The molecule has 0 aromatic rings. The molecular weight excluding hydrogens is 242 g/mol. The number of rotatable bonds is 5. The van der Waals surface area contributed by atoms with Gasteiger partial charge in [0.1, 0.15) is 0 Å². The molecule has 1 amide bonds. The molecule has 6 nitrogen and oxygen atoms in total. The topological polar surface area (TPSA) is 92.5 Å². The summed E-state index contributed by atoms with van der Waals surface area (Å²) in [4.78, 5) is 12.8. The zero-order valence-electron chi connectivity index (χ0n) is 10.3. The summed E-state index contributed by atoms with van der Waals surface area (Å²) >= 11 is 0. The Balaban J connectivity index is 2.62. The number of nitrogens with one attached hydrogen (secondary N) is 1. The Bertz CT molecular complexity index is 365. The van der Waals surface area contributed by atoms with Gasteiger partial charge in [0.25, 0.3) is 0 Å². The van der Waals surface area contributed by atoms with Gasteiger partial charge in [-0.15, -0.1) is 0 Å². The Morgan fingerprint density at radius 3 is 2.71 bits per heavy atom. The van der Waals surface area contributed by atoms with Crippen LogP contribution in [-0.2, 0) is 14.8 Å². The van der Waals surface area contributed by atoms with Gasteiger partial charge in [-0.2, -0.15) is 0 Å². The number of carbonyl (C=O) groups is 1. The summed E-state index contributed by atoms with van der Waals surface area (Å²) in [6.07, 6.45) is 1.44. The Hall–Kier alpha value is -0.660. The fourth-order valence-electron chi connectivity index (χ4n) is 1.95. The van der Waals surface area contributed by atoms with Gasteiger partial charge < -0.3 is 10.6 Å². The minimum atomic E-state index is -3.38. The Morgan fingerprint density at radius 2 is 2.24 bits per heavy atom. The smallest absolute Gasteiger partial charge is 0.222 e. The van der Waals surface area contributed by atoms with Crippen molar-refractivity contribution in [2.75, 3.05) is 20.1 Å². The van der Waals surface area contributed by atoms with E-state index in [1.807, 2.05) is 0 Å². The molecule has 1 heterocycles. The van der Waals surface area contributed by atoms with Gasteiger partial charge in [-0.25, -0.2) is 13.1 Å². The van der Waals surface area contributed by atoms with Crippen LogP contribution in [0.4, 0.5) is 0 Å². The molecule has 1 saturated heterocycles. The SMILES string of the molecule is CCC(CN)S(=O)(=O)NC1CCC(=O)N(C)C1. The summed E-state index contributed by atoms with van der Waals surface area (Å²) in [6.45, 7) is 2.35. The monoisotopic (exact) mass is 263 g/mol. The number of hydrogen-bond donors (Lipinski definition) is 2. The highest BCUT2D eigenvalue weighted by atomic mass is 32.2. The molecule has 2 unspecified atom stereocenters. The van der Waals surface area contributed by atoms with Gasteiger partial charge in [0.15, 0.2) is 0 Å². The molecule has 1 aliphatic heterocycles. The van der Waals surface area contributed by atoms with Gasteiger partial charge >= 0.3 is 0 Å². The highest BCUT2D eigenvalue weighted by Crippen LogP contribution is 2.12. The molecule has 0 bridgehead atoms. The number of sulfonamides is 1. The van der Waals surface area contributed by atoms with Gasteiger partial charge in [0.2, 0.25) is 15.9 Å². The van der Waals surface area contributed by atoms with Gasteiger partial charge in [-0.3, -0.25) is 4.79 Å². The maximum absolute atomic E-state index is 12.0. The van der Waals surface area contributed by atoms with E-state index in [0.717, 1.165) is 0 Å². The average molecular weight is 263 g/mol. The molecule has 1 fully saturated rings. The first kappa shape index (κ1) is 14.4. The third-order valence-electron chi connectivity index (χ3n) is 3.11. The lowest BCUT2D eigenvalue weighted by Crippen LogP contribution is -2.51. The molecular formula is C10H21N3O3S. The maximum Gasteiger partial charge on any atom is 0.222 e. The zero-order chi connectivity index (χ0) is 13.1. The number of nitrogens with zero attached hydrogens (tertiary/aromatic N) is 1. The molecule has 3 N–H and O–H groups in total. The van der Waals surface area contributed by atoms with E-state index >= 15 is 0 Å². The number of amides is 1. The lowest BCUT2D eigenvalue weighted by atomic mass is 10.1. The lowest BCUT2D eigenvalue weighted by Gasteiger charge is -2.30. The zero-order valence-corrected chi connectivity index (χ0v) is 11.2. The van der Waals surface area contributed by atoms with Crippen molar-refractivity contribution >= 4 is 15.9 Å². The van der Waals surface area contributed by atoms with E-state index in [9.17, 15) is 13.2 Å². The first-order chi connectivity index (χ1) is 7.90. The van der Waals surface area contributed by atoms with Crippen molar-refractivity contribution in [1.29, 1.82) is 0 Å². The molecule has 1 aliphatic rings. The predicted octanol–water partition coefficient (Wildman–Crippen LogP) is -0.736. The lowest BCUT2D eigenvalue weighted by molar-refractivity contribution is -0.132. The first-order valence-electron chi connectivity index (χ1n) is 5.85. The van der Waals surface area contributed by atoms with Crippen molar-refractivity contribution in [2.24, 2.45) is 5.73 Å². The summed E-state index contributed by atoms with van der Waals surface area (Å²) in [6, 6.07) is -0.191. The van der Waals surface area contributed by atoms with Gasteiger partial charge in [0, 0.05) is 32.6 Å². The van der Waals surface area contributed by atoms with Crippen LogP contribution in [0.3, 0.4) is 0 Å².